The molecule has 3 aromatic heterocycles. The highest BCUT2D eigenvalue weighted by molar-refractivity contribution is 6.09. The van der Waals surface area contributed by atoms with Crippen molar-refractivity contribution in [1.82, 2.24) is 14.1 Å². The fourth-order valence-electron chi connectivity index (χ4n) is 10.0. The molecule has 0 spiro atoms. The number of nitrogens with zero attached hydrogens (tertiary/aromatic N) is 4. The van der Waals surface area contributed by atoms with Gasteiger partial charge in [-0.3, -0.25) is 13.7 Å². The van der Waals surface area contributed by atoms with Gasteiger partial charge in [-0.15, -0.1) is 0 Å². The number of aromatic nitrogens is 4. The Balaban J connectivity index is 1.12. The Bertz CT molecular complexity index is 4080. The minimum atomic E-state index is -0.731. The van der Waals surface area contributed by atoms with E-state index in [4.69, 9.17) is 13.8 Å². The van der Waals surface area contributed by atoms with Crippen molar-refractivity contribution < 1.29 is 17.5 Å². The van der Waals surface area contributed by atoms with E-state index in [1.54, 1.807) is 0 Å². The summed E-state index contributed by atoms with van der Waals surface area (Å²) in [6, 6.07) is 53.6. The molecule has 72 heavy (non-hydrogen) atoms. The number of ether oxygens (including phenoxy) is 1. The number of pyridine rings is 1. The van der Waals surface area contributed by atoms with Crippen molar-refractivity contribution in [3.05, 3.63) is 223 Å². The number of hydrogen-bond donors (Lipinski definition) is 0. The van der Waals surface area contributed by atoms with Gasteiger partial charge in [0.2, 0.25) is 0 Å². The third-order valence-corrected chi connectivity index (χ3v) is 14.0. The average molecular weight is 945 g/mol. The number of benzene rings is 8. The van der Waals surface area contributed by atoms with E-state index >= 15 is 0 Å². The van der Waals surface area contributed by atoms with Gasteiger partial charge in [0.1, 0.15) is 17.3 Å². The quantitative estimate of drug-likeness (QED) is 0.0957. The van der Waals surface area contributed by atoms with E-state index < -0.39 is 24.0 Å². The van der Waals surface area contributed by atoms with Crippen LogP contribution < -0.4 is 9.30 Å². The van der Waals surface area contributed by atoms with Crippen LogP contribution >= 0.6 is 0 Å². The lowest BCUT2D eigenvalue weighted by molar-refractivity contribution is -0.571. The van der Waals surface area contributed by atoms with Crippen LogP contribution in [0.4, 0.5) is 0 Å². The molecule has 8 aromatic carbocycles. The first kappa shape index (κ1) is 39.7. The third-order valence-electron chi connectivity index (χ3n) is 14.0. The summed E-state index contributed by atoms with van der Waals surface area (Å²) in [4.78, 5) is 4.88. The summed E-state index contributed by atoms with van der Waals surface area (Å²) >= 11 is 0. The summed E-state index contributed by atoms with van der Waals surface area (Å²) in [6.45, 7) is 17.4. The van der Waals surface area contributed by atoms with Crippen LogP contribution in [0.3, 0.4) is 0 Å². The molecule has 0 aliphatic carbocycles. The molecule has 11 rings (SSSR count). The fraction of sp³-hybridized carbons (Fsp3) is 0.194. The van der Waals surface area contributed by atoms with Gasteiger partial charge in [-0.1, -0.05) is 189 Å². The average Bonchev–Trinajstić information content (AvgIpc) is 4.05. The predicted octanol–water partition coefficient (Wildman–Crippen LogP) is 17.5. The minimum Gasteiger partial charge on any atom is -0.458 e. The second-order valence-electron chi connectivity index (χ2n) is 20.7. The first-order valence-electron chi connectivity index (χ1n) is 28.0. The van der Waals surface area contributed by atoms with E-state index in [9.17, 15) is 4.11 Å². The smallest absolute Gasteiger partial charge is 0.269 e. The number of imidazole rings is 1. The van der Waals surface area contributed by atoms with E-state index in [0.717, 1.165) is 83.3 Å². The number of para-hydroxylation sites is 2. The SMILES string of the molecule is [2H]c1c([2H])c([2H])c(-c2cccc(-c3cc(C(C)(C)C)cc(C(C)(C)C)c3)c2-[n+]2[c-]n(-c3cccc(Oc4ccc5c6ccccc6n(-c6cc(C([2H])(CC)CC)ccn6)c5c4)c3)c3cc(-c4ccccc4)ccc32)c([2H])c1[2H]. The largest absolute Gasteiger partial charge is 0.458 e. The summed E-state index contributed by atoms with van der Waals surface area (Å²) in [7, 11) is 0. The van der Waals surface area contributed by atoms with Gasteiger partial charge in [-0.05, 0) is 134 Å². The van der Waals surface area contributed by atoms with E-state index in [-0.39, 0.29) is 28.5 Å². The molecular weight excluding hydrogens is 877 g/mol. The molecule has 0 bridgehead atoms. The number of hydrogen-bond acceptors (Lipinski definition) is 2. The van der Waals surface area contributed by atoms with E-state index in [1.807, 2.05) is 100 Å². The molecule has 0 radical (unpaired) electrons. The van der Waals surface area contributed by atoms with Crippen LogP contribution in [-0.2, 0) is 10.8 Å². The summed E-state index contributed by atoms with van der Waals surface area (Å²) in [5.74, 6) is 1.23. The summed E-state index contributed by atoms with van der Waals surface area (Å²) in [5.41, 5.74) is 12.1. The lowest BCUT2D eigenvalue weighted by atomic mass is 9.78. The lowest BCUT2D eigenvalue weighted by Crippen LogP contribution is -2.31. The third kappa shape index (κ3) is 8.68. The van der Waals surface area contributed by atoms with Crippen molar-refractivity contribution in [2.45, 2.75) is 85.0 Å². The standard InChI is InChI=1S/C67H62N4O/c1-9-45(10-2)49-35-36-68-64(40-49)71-60-30-18-17-27-58(60)59-33-32-55(43-62(59)71)72-54-26-19-25-53(42-54)69-44-70(61-34-31-48(39-63(61)69)46-21-13-11-14-22-46)65-56(47-23-15-12-16-24-47)28-20-29-57(65)50-37-51(66(3,4)5)41-52(38-50)67(6,7)8/h11-43,45H,9-10H2,1-8H3/i12D,15D,16D,23D,24D,45D. The Kier molecular flexibility index (Phi) is 10.3. The van der Waals surface area contributed by atoms with Crippen LogP contribution in [0.1, 0.15) is 99.0 Å². The molecule has 0 saturated carbocycles. The van der Waals surface area contributed by atoms with Crippen LogP contribution in [0.25, 0.3) is 83.4 Å². The van der Waals surface area contributed by atoms with Crippen molar-refractivity contribution in [1.29, 1.82) is 0 Å². The molecule has 0 N–H and O–H groups in total. The molecule has 3 heterocycles. The molecule has 0 fully saturated rings. The van der Waals surface area contributed by atoms with Crippen LogP contribution in [0.5, 0.6) is 11.5 Å². The summed E-state index contributed by atoms with van der Waals surface area (Å²) in [5, 5.41) is 2.14. The van der Waals surface area contributed by atoms with Gasteiger partial charge in [-0.2, -0.15) is 0 Å². The Morgan fingerprint density at radius 3 is 2.00 bits per heavy atom. The first-order valence-corrected chi connectivity index (χ1v) is 25.0. The Labute approximate surface area is 433 Å². The van der Waals surface area contributed by atoms with Crippen molar-refractivity contribution in [2.24, 2.45) is 0 Å². The fourth-order valence-corrected chi connectivity index (χ4v) is 10.0. The second kappa shape index (κ2) is 18.6. The van der Waals surface area contributed by atoms with Crippen LogP contribution in [-0.4, -0.2) is 14.1 Å². The maximum atomic E-state index is 9.33. The molecule has 356 valence electrons. The van der Waals surface area contributed by atoms with Gasteiger partial charge >= 0.3 is 0 Å². The maximum absolute atomic E-state index is 9.33. The molecular formula is C67H62N4O. The topological polar surface area (TPSA) is 35.9 Å². The predicted molar refractivity (Wildman–Crippen MR) is 299 cm³/mol. The van der Waals surface area contributed by atoms with Crippen molar-refractivity contribution in [3.8, 4) is 62.1 Å². The van der Waals surface area contributed by atoms with Crippen LogP contribution in [0.2, 0.25) is 0 Å². The maximum Gasteiger partial charge on any atom is 0.269 e. The van der Waals surface area contributed by atoms with E-state index in [1.165, 1.54) is 0 Å². The summed E-state index contributed by atoms with van der Waals surface area (Å²) < 4.78 is 67.2. The van der Waals surface area contributed by atoms with Gasteiger partial charge in [0.25, 0.3) is 6.33 Å². The van der Waals surface area contributed by atoms with Crippen molar-refractivity contribution >= 4 is 32.8 Å². The summed E-state index contributed by atoms with van der Waals surface area (Å²) in [6.07, 6.45) is 6.95. The molecule has 0 amide bonds. The molecule has 0 aliphatic rings. The Morgan fingerprint density at radius 2 is 1.26 bits per heavy atom. The molecule has 5 heteroatoms. The van der Waals surface area contributed by atoms with Gasteiger partial charge < -0.3 is 4.74 Å². The van der Waals surface area contributed by atoms with E-state index in [2.05, 4.69) is 145 Å². The molecule has 0 unspecified atom stereocenters. The van der Waals surface area contributed by atoms with Crippen LogP contribution in [0, 0.1) is 6.33 Å². The normalized spacial score (nSPS) is 13.4. The number of fused-ring (bicyclic) bond motifs is 4. The highest BCUT2D eigenvalue weighted by Crippen LogP contribution is 2.41. The molecule has 0 saturated heterocycles. The Morgan fingerprint density at radius 1 is 0.583 bits per heavy atom. The molecule has 0 aliphatic heterocycles. The first-order chi connectivity index (χ1) is 37.3. The van der Waals surface area contributed by atoms with E-state index in [0.29, 0.717) is 35.6 Å². The second-order valence-corrected chi connectivity index (χ2v) is 20.7. The zero-order valence-electron chi connectivity index (χ0n) is 48.3. The van der Waals surface area contributed by atoms with Crippen molar-refractivity contribution in [2.75, 3.05) is 0 Å². The highest BCUT2D eigenvalue weighted by Gasteiger charge is 2.25. The number of rotatable bonds is 11. The van der Waals surface area contributed by atoms with Gasteiger partial charge in [0, 0.05) is 24.4 Å². The van der Waals surface area contributed by atoms with Gasteiger partial charge in [0.05, 0.1) is 40.3 Å². The van der Waals surface area contributed by atoms with Crippen LogP contribution in [0.15, 0.2) is 200 Å². The molecule has 5 nitrogen and oxygen atoms in total. The monoisotopic (exact) mass is 945 g/mol. The minimum absolute atomic E-state index is 0.102. The van der Waals surface area contributed by atoms with Gasteiger partial charge in [0.15, 0.2) is 0 Å². The zero-order valence-corrected chi connectivity index (χ0v) is 42.3. The molecule has 11 aromatic rings. The molecule has 0 atom stereocenters. The highest BCUT2D eigenvalue weighted by atomic mass is 16.5. The Hall–Kier alpha value is -8.02. The van der Waals surface area contributed by atoms with Crippen molar-refractivity contribution in [3.63, 3.8) is 0 Å². The zero-order chi connectivity index (χ0) is 55.0. The van der Waals surface area contributed by atoms with Gasteiger partial charge in [-0.25, -0.2) is 4.98 Å². The lowest BCUT2D eigenvalue weighted by Gasteiger charge is -2.27.